The second kappa shape index (κ2) is 15.0. The smallest absolute Gasteiger partial charge is 0.268 e. The van der Waals surface area contributed by atoms with Gasteiger partial charge >= 0.3 is 0 Å². The molecule has 0 aliphatic carbocycles. The first-order valence-electron chi connectivity index (χ1n) is 14.5. The van der Waals surface area contributed by atoms with Crippen molar-refractivity contribution in [3.05, 3.63) is 83.2 Å². The molecule has 0 saturated heterocycles. The van der Waals surface area contributed by atoms with Crippen LogP contribution in [-0.2, 0) is 22.4 Å². The number of aromatic nitrogens is 1. The lowest BCUT2D eigenvalue weighted by Crippen LogP contribution is -2.51. The van der Waals surface area contributed by atoms with E-state index in [0.717, 1.165) is 36.0 Å². The Morgan fingerprint density at radius 2 is 1.48 bits per heavy atom. The maximum absolute atomic E-state index is 13.3. The predicted octanol–water partition coefficient (Wildman–Crippen LogP) is 4.45. The van der Waals surface area contributed by atoms with Gasteiger partial charge in [-0.2, -0.15) is 0 Å². The maximum atomic E-state index is 13.3. The highest BCUT2D eigenvalue weighted by molar-refractivity contribution is 6.00. The number of aryl methyl sites for hydroxylation is 1. The summed E-state index contributed by atoms with van der Waals surface area (Å²) < 4.78 is 11.7. The molecular formula is C33H39N3O6. The van der Waals surface area contributed by atoms with E-state index in [9.17, 15) is 19.2 Å². The number of Topliss-reactive ketones (excluding diaryl/α,β-unsaturated/α-hetero) is 1. The number of hydrogen-bond acceptors (Lipinski definition) is 6. The van der Waals surface area contributed by atoms with E-state index in [0.29, 0.717) is 37.5 Å². The van der Waals surface area contributed by atoms with E-state index in [4.69, 9.17) is 9.47 Å². The third kappa shape index (κ3) is 9.06. The van der Waals surface area contributed by atoms with Gasteiger partial charge in [0.2, 0.25) is 5.91 Å². The van der Waals surface area contributed by atoms with Gasteiger partial charge in [-0.25, -0.2) is 0 Å². The molecule has 6 bridgehead atoms. The van der Waals surface area contributed by atoms with Crippen LogP contribution in [-0.4, -0.2) is 54.2 Å². The molecule has 3 aromatic rings. The molecule has 0 fully saturated rings. The second-order valence-corrected chi connectivity index (χ2v) is 11.0. The minimum Gasteiger partial charge on any atom is -0.494 e. The number of amides is 2. The monoisotopic (exact) mass is 573 g/mol. The first kappa shape index (κ1) is 30.6. The fourth-order valence-electron chi connectivity index (χ4n) is 4.76. The average Bonchev–Trinajstić information content (AvgIpc) is 3.48. The Morgan fingerprint density at radius 1 is 0.881 bits per heavy atom. The van der Waals surface area contributed by atoms with E-state index >= 15 is 0 Å². The summed E-state index contributed by atoms with van der Waals surface area (Å²) in [7, 11) is 0. The van der Waals surface area contributed by atoms with Crippen molar-refractivity contribution in [2.75, 3.05) is 13.2 Å². The van der Waals surface area contributed by atoms with Crippen LogP contribution >= 0.6 is 0 Å². The second-order valence-electron chi connectivity index (χ2n) is 11.0. The van der Waals surface area contributed by atoms with Crippen LogP contribution in [0, 0.1) is 5.92 Å². The van der Waals surface area contributed by atoms with Crippen molar-refractivity contribution < 1.29 is 28.7 Å². The molecule has 0 saturated carbocycles. The Labute approximate surface area is 246 Å². The Bertz CT molecular complexity index is 1350. The van der Waals surface area contributed by atoms with E-state index in [1.807, 2.05) is 62.4 Å². The number of rotatable bonds is 5. The Balaban J connectivity index is 1.54. The number of carbonyl (C=O) groups excluding carboxylic acids is 4. The molecule has 4 aliphatic rings. The molecule has 3 N–H and O–H groups in total. The fourth-order valence-corrected chi connectivity index (χ4v) is 4.76. The van der Waals surface area contributed by atoms with E-state index in [1.54, 1.807) is 6.07 Å². The van der Waals surface area contributed by atoms with Crippen molar-refractivity contribution >= 4 is 23.9 Å². The van der Waals surface area contributed by atoms with Gasteiger partial charge in [-0.15, -0.1) is 0 Å². The van der Waals surface area contributed by atoms with Crippen LogP contribution < -0.4 is 20.1 Å². The number of ether oxygens (including phenoxy) is 2. The van der Waals surface area contributed by atoms with Gasteiger partial charge in [0.1, 0.15) is 29.5 Å². The lowest BCUT2D eigenvalue weighted by Gasteiger charge is -2.22. The lowest BCUT2D eigenvalue weighted by atomic mass is 10.0. The number of aromatic amines is 1. The molecule has 2 aromatic carbocycles. The number of carbonyl (C=O) groups is 4. The van der Waals surface area contributed by atoms with Gasteiger partial charge in [-0.1, -0.05) is 38.1 Å². The van der Waals surface area contributed by atoms with Gasteiger partial charge in [-0.05, 0) is 79.1 Å². The number of ketones is 1. The molecular weight excluding hydrogens is 534 g/mol. The highest BCUT2D eigenvalue weighted by Gasteiger charge is 2.25. The zero-order valence-electron chi connectivity index (χ0n) is 24.2. The van der Waals surface area contributed by atoms with Gasteiger partial charge < -0.3 is 29.9 Å². The summed E-state index contributed by atoms with van der Waals surface area (Å²) in [6.07, 6.45) is 3.88. The molecule has 9 nitrogen and oxygen atoms in total. The van der Waals surface area contributed by atoms with Crippen LogP contribution in [0.3, 0.4) is 0 Å². The van der Waals surface area contributed by atoms with Gasteiger partial charge in [0.05, 0.1) is 24.9 Å². The minimum absolute atomic E-state index is 0.122. The van der Waals surface area contributed by atoms with Crippen molar-refractivity contribution in [2.24, 2.45) is 5.92 Å². The molecule has 5 heterocycles. The highest BCUT2D eigenvalue weighted by Crippen LogP contribution is 2.17. The average molecular weight is 574 g/mol. The first-order chi connectivity index (χ1) is 20.3. The topological polar surface area (TPSA) is 127 Å². The molecule has 42 heavy (non-hydrogen) atoms. The summed E-state index contributed by atoms with van der Waals surface area (Å²) in [4.78, 5) is 53.9. The first-order valence-corrected chi connectivity index (χ1v) is 14.5. The third-order valence-corrected chi connectivity index (χ3v) is 7.07. The molecule has 1 aromatic heterocycles. The standard InChI is InChI=1S/C33H39N3O6/c1-22(2)19-25(21-37)34-33(40)30-20-24-7-12-27(13-8-24)42-18-4-3-17-41-26-10-5-23(6-11-26)9-16-31(38)28-14-15-29(35-28)32(39)36-30/h5-8,10-15,21-22,25,30,35H,3-4,9,16-20H2,1-2H3,(H,34,40)(H,36,39)/t25-,30+/m0/s1. The quantitative estimate of drug-likeness (QED) is 0.387. The molecule has 4 aliphatic heterocycles. The van der Waals surface area contributed by atoms with Crippen molar-refractivity contribution in [1.82, 2.24) is 15.6 Å². The summed E-state index contributed by atoms with van der Waals surface area (Å²) in [5, 5.41) is 5.56. The van der Waals surface area contributed by atoms with Crippen molar-refractivity contribution in [3.63, 3.8) is 0 Å². The highest BCUT2D eigenvalue weighted by atomic mass is 16.5. The SMILES string of the molecule is CC(C)C[C@@H](C=O)NC(=O)[C@H]1Cc2ccc(cc2)OCCCCOc2ccc(cc2)CCC(=O)c2ccc([nH]2)C(=O)N1. The van der Waals surface area contributed by atoms with Crippen LogP contribution in [0.5, 0.6) is 11.5 Å². The molecule has 0 spiro atoms. The number of nitrogens with one attached hydrogen (secondary N) is 3. The summed E-state index contributed by atoms with van der Waals surface area (Å²) in [6.45, 7) is 5.05. The van der Waals surface area contributed by atoms with Crippen molar-refractivity contribution in [2.45, 2.75) is 64.5 Å². The van der Waals surface area contributed by atoms with Crippen LogP contribution in [0.4, 0.5) is 0 Å². The Kier molecular flexibility index (Phi) is 10.9. The molecule has 7 rings (SSSR count). The molecule has 9 heteroatoms. The molecule has 0 radical (unpaired) electrons. The van der Waals surface area contributed by atoms with Crippen LogP contribution in [0.25, 0.3) is 0 Å². The summed E-state index contributed by atoms with van der Waals surface area (Å²) in [5.74, 6) is 0.583. The largest absolute Gasteiger partial charge is 0.494 e. The van der Waals surface area contributed by atoms with Crippen LogP contribution in [0.15, 0.2) is 60.7 Å². The van der Waals surface area contributed by atoms with E-state index in [2.05, 4.69) is 15.6 Å². The third-order valence-electron chi connectivity index (χ3n) is 7.07. The summed E-state index contributed by atoms with van der Waals surface area (Å²) >= 11 is 0. The molecule has 222 valence electrons. The van der Waals surface area contributed by atoms with E-state index in [1.165, 1.54) is 6.07 Å². The zero-order chi connectivity index (χ0) is 29.9. The van der Waals surface area contributed by atoms with E-state index < -0.39 is 23.9 Å². The van der Waals surface area contributed by atoms with Crippen LogP contribution in [0.1, 0.15) is 71.6 Å². The lowest BCUT2D eigenvalue weighted by molar-refractivity contribution is -0.125. The maximum Gasteiger partial charge on any atom is 0.268 e. The zero-order valence-corrected chi connectivity index (χ0v) is 24.2. The Hall–Kier alpha value is -4.40. The predicted molar refractivity (Wildman–Crippen MR) is 159 cm³/mol. The molecule has 2 amide bonds. The summed E-state index contributed by atoms with van der Waals surface area (Å²) in [5.41, 5.74) is 2.31. The fraction of sp³-hybridized carbons (Fsp3) is 0.394. The van der Waals surface area contributed by atoms with E-state index in [-0.39, 0.29) is 30.2 Å². The van der Waals surface area contributed by atoms with Gasteiger partial charge in [-0.3, -0.25) is 14.4 Å². The minimum atomic E-state index is -0.949. The van der Waals surface area contributed by atoms with Crippen LogP contribution in [0.2, 0.25) is 0 Å². The number of H-pyrrole nitrogens is 1. The van der Waals surface area contributed by atoms with Gasteiger partial charge in [0.25, 0.3) is 5.91 Å². The number of benzene rings is 2. The molecule has 0 unspecified atom stereocenters. The summed E-state index contributed by atoms with van der Waals surface area (Å²) in [6, 6.07) is 16.6. The van der Waals surface area contributed by atoms with Crippen molar-refractivity contribution in [3.8, 4) is 11.5 Å². The molecule has 2 atom stereocenters. The normalized spacial score (nSPS) is 17.5. The van der Waals surface area contributed by atoms with Gasteiger partial charge in [0.15, 0.2) is 5.78 Å². The van der Waals surface area contributed by atoms with Crippen molar-refractivity contribution in [1.29, 1.82) is 0 Å². The Morgan fingerprint density at radius 3 is 2.07 bits per heavy atom. The number of aldehydes is 1. The van der Waals surface area contributed by atoms with Gasteiger partial charge in [0, 0.05) is 12.8 Å². The number of hydrogen-bond donors (Lipinski definition) is 3.